The van der Waals surface area contributed by atoms with Crippen LogP contribution in [0.3, 0.4) is 0 Å². The van der Waals surface area contributed by atoms with Crippen molar-refractivity contribution in [3.05, 3.63) is 473 Å². The zero-order valence-electron chi connectivity index (χ0n) is 68.6. The smallest absolute Gasteiger partial charge is 0.143 e. The highest BCUT2D eigenvalue weighted by Gasteiger charge is 2.25. The molecule has 20 aromatic carbocycles. The Morgan fingerprint density at radius 2 is 0.492 bits per heavy atom. The molecule has 0 atom stereocenters. The molecule has 24 rings (SSSR count). The van der Waals surface area contributed by atoms with Crippen LogP contribution >= 0.6 is 0 Å². The summed E-state index contributed by atoms with van der Waals surface area (Å²) in [7, 11) is 0. The molecule has 0 saturated carbocycles. The molecule has 4 aromatic heterocycles. The van der Waals surface area contributed by atoms with Crippen LogP contribution in [0.4, 0.5) is 34.1 Å². The van der Waals surface area contributed by atoms with Gasteiger partial charge in [-0.3, -0.25) is 0 Å². The first-order chi connectivity index (χ1) is 62.5. The lowest BCUT2D eigenvalue weighted by molar-refractivity contribution is 0.669. The number of nitrogens with zero attached hydrogens (tertiary/aromatic N) is 4. The van der Waals surface area contributed by atoms with Gasteiger partial charge in [0.15, 0.2) is 0 Å². The van der Waals surface area contributed by atoms with E-state index in [1.807, 2.05) is 6.07 Å². The van der Waals surface area contributed by atoms with Gasteiger partial charge in [-0.15, -0.1) is 0 Å². The molecule has 0 unspecified atom stereocenters. The Hall–Kier alpha value is -16.8. The van der Waals surface area contributed by atoms with Gasteiger partial charge in [0.05, 0.1) is 39.1 Å². The predicted molar refractivity (Wildman–Crippen MR) is 528 cm³/mol. The second-order valence-corrected chi connectivity index (χ2v) is 32.5. The fourth-order valence-corrected chi connectivity index (χ4v) is 19.5. The van der Waals surface area contributed by atoms with Gasteiger partial charge in [0.2, 0.25) is 0 Å². The number of furan rings is 2. The van der Waals surface area contributed by atoms with Crippen LogP contribution in [0, 0.1) is 0 Å². The molecule has 0 aliphatic rings. The number of aromatic nitrogens is 2. The molecule has 6 heteroatoms. The summed E-state index contributed by atoms with van der Waals surface area (Å²) in [4.78, 5) is 4.79. The number of rotatable bonds is 17. The largest absolute Gasteiger partial charge is 0.455 e. The van der Waals surface area contributed by atoms with E-state index in [2.05, 4.69) is 486 Å². The second kappa shape index (κ2) is 30.7. The Balaban J connectivity index is 0.588. The van der Waals surface area contributed by atoms with Crippen molar-refractivity contribution in [1.29, 1.82) is 0 Å². The predicted octanol–water partition coefficient (Wildman–Crippen LogP) is 33.6. The lowest BCUT2D eigenvalue weighted by atomic mass is 9.90. The van der Waals surface area contributed by atoms with Crippen LogP contribution in [0.5, 0.6) is 0 Å². The van der Waals surface area contributed by atoms with E-state index in [1.165, 1.54) is 54.7 Å². The topological polar surface area (TPSA) is 42.6 Å². The zero-order valence-corrected chi connectivity index (χ0v) is 68.6. The van der Waals surface area contributed by atoms with E-state index in [-0.39, 0.29) is 0 Å². The summed E-state index contributed by atoms with van der Waals surface area (Å²) >= 11 is 0. The first-order valence-corrected chi connectivity index (χ1v) is 43.1. The van der Waals surface area contributed by atoms with Gasteiger partial charge in [-0.1, -0.05) is 346 Å². The minimum Gasteiger partial charge on any atom is -0.455 e. The number of hydrogen-bond acceptors (Lipinski definition) is 4. The summed E-state index contributed by atoms with van der Waals surface area (Å²) in [5, 5.41) is 9.24. The molecule has 0 saturated heterocycles. The summed E-state index contributed by atoms with van der Waals surface area (Å²) in [5.41, 5.74) is 36.4. The monoisotopic (exact) mass is 1610 g/mol. The van der Waals surface area contributed by atoms with E-state index in [0.717, 1.165) is 178 Å². The number of benzene rings is 20. The Morgan fingerprint density at radius 3 is 1.03 bits per heavy atom. The van der Waals surface area contributed by atoms with Gasteiger partial charge in [-0.05, 0) is 200 Å². The Labute approximate surface area is 729 Å². The van der Waals surface area contributed by atoms with Crippen LogP contribution in [0.25, 0.3) is 199 Å². The van der Waals surface area contributed by atoms with Crippen molar-refractivity contribution in [3.8, 4) is 112 Å². The number of fused-ring (bicyclic) bond motifs is 12. The quantitative estimate of drug-likeness (QED) is 0.0911. The number of hydrogen-bond donors (Lipinski definition) is 0. The average Bonchev–Trinajstić information content (AvgIpc) is 1.58. The van der Waals surface area contributed by atoms with Crippen LogP contribution in [0.2, 0.25) is 0 Å². The van der Waals surface area contributed by atoms with Crippen LogP contribution in [0.1, 0.15) is 0 Å². The van der Waals surface area contributed by atoms with E-state index in [4.69, 9.17) is 8.83 Å². The Morgan fingerprint density at radius 1 is 0.159 bits per heavy atom. The van der Waals surface area contributed by atoms with Crippen LogP contribution in [-0.4, -0.2) is 9.13 Å². The van der Waals surface area contributed by atoms with Gasteiger partial charge < -0.3 is 27.8 Å². The molecule has 0 fully saturated rings. The van der Waals surface area contributed by atoms with Crippen molar-refractivity contribution in [2.75, 3.05) is 9.80 Å². The van der Waals surface area contributed by atoms with E-state index in [1.54, 1.807) is 0 Å². The molecular formula is C120H78N4O2. The van der Waals surface area contributed by atoms with Gasteiger partial charge in [0, 0.05) is 99.3 Å². The molecule has 0 amide bonds. The number of anilines is 6. The van der Waals surface area contributed by atoms with Crippen molar-refractivity contribution in [3.63, 3.8) is 0 Å². The average molecular weight is 1610 g/mol. The third kappa shape index (κ3) is 12.6. The molecule has 0 aliphatic carbocycles. The number of para-hydroxylation sites is 10. The molecule has 4 heterocycles. The van der Waals surface area contributed by atoms with Crippen molar-refractivity contribution in [2.24, 2.45) is 0 Å². The normalized spacial score (nSPS) is 11.7. The van der Waals surface area contributed by atoms with Gasteiger partial charge in [-0.25, -0.2) is 0 Å². The molecule has 0 aliphatic heterocycles. The van der Waals surface area contributed by atoms with E-state index in [9.17, 15) is 0 Å². The summed E-state index contributed by atoms with van der Waals surface area (Å²) in [6, 6.07) is 172. The third-order valence-electron chi connectivity index (χ3n) is 25.4. The lowest BCUT2D eigenvalue weighted by Gasteiger charge is -2.28. The summed E-state index contributed by atoms with van der Waals surface area (Å²) in [6.45, 7) is 0. The highest BCUT2D eigenvalue weighted by molar-refractivity contribution is 6.14. The van der Waals surface area contributed by atoms with Crippen LogP contribution in [-0.2, 0) is 0 Å². The highest BCUT2D eigenvalue weighted by Crippen LogP contribution is 2.49. The fourth-order valence-electron chi connectivity index (χ4n) is 19.5. The molecule has 0 bridgehead atoms. The maximum atomic E-state index is 7.26. The molecule has 0 radical (unpaired) electrons. The second-order valence-electron chi connectivity index (χ2n) is 32.5. The van der Waals surface area contributed by atoms with E-state index >= 15 is 0 Å². The molecular weight excluding hydrogens is 1530 g/mol. The Kier molecular flexibility index (Phi) is 17.8. The first kappa shape index (κ1) is 73.1. The molecule has 24 aromatic rings. The van der Waals surface area contributed by atoms with Gasteiger partial charge in [0.25, 0.3) is 0 Å². The van der Waals surface area contributed by atoms with Crippen molar-refractivity contribution in [1.82, 2.24) is 9.13 Å². The zero-order chi connectivity index (χ0) is 83.1. The maximum absolute atomic E-state index is 7.26. The molecule has 6 nitrogen and oxygen atoms in total. The van der Waals surface area contributed by atoms with Gasteiger partial charge in [-0.2, -0.15) is 0 Å². The van der Waals surface area contributed by atoms with Gasteiger partial charge in [0.1, 0.15) is 22.3 Å². The summed E-state index contributed by atoms with van der Waals surface area (Å²) < 4.78 is 18.8. The summed E-state index contributed by atoms with van der Waals surface area (Å²) in [6.07, 6.45) is 0. The standard InChI is InChI=1S/C120H78N4O2/c1-3-27-79(28-4-1)80-55-57-82(58-56-80)96-35-7-15-47-110(96)122(92-71-61-84(62-72-92)98-37-9-17-49-112(98)124-115-52-20-12-40-103(115)104-41-13-21-53-116(104)124)94-34-24-32-89(76-94)100-44-26-46-108-106-74-66-87(78-118(106)126-120(100)108)86-65-73-95(81-29-5-2-6-30-81)109(77-86)85-63-69-91(70-64-85)121(93-33-23-31-88(75-93)99-43-25-45-107-105-42-14-22-54-117(105)125-119(99)107)90-67-59-83(60-68-90)97-36-8-16-48-111(97)123-113-50-18-10-38-101(113)102-39-11-19-51-114(102)123/h1-78H. The molecule has 590 valence electrons. The Bertz CT molecular complexity index is 8210. The van der Waals surface area contributed by atoms with E-state index in [0.29, 0.717) is 0 Å². The maximum Gasteiger partial charge on any atom is 0.143 e. The fraction of sp³-hybridized carbons (Fsp3) is 0. The summed E-state index contributed by atoms with van der Waals surface area (Å²) in [5.74, 6) is 0. The minimum absolute atomic E-state index is 0.816. The highest BCUT2D eigenvalue weighted by atomic mass is 16.3. The third-order valence-corrected chi connectivity index (χ3v) is 25.4. The molecule has 0 spiro atoms. The van der Waals surface area contributed by atoms with Crippen LogP contribution in [0.15, 0.2) is 482 Å². The van der Waals surface area contributed by atoms with Crippen molar-refractivity contribution >= 4 is 122 Å². The lowest BCUT2D eigenvalue weighted by Crippen LogP contribution is -2.11. The van der Waals surface area contributed by atoms with Gasteiger partial charge >= 0.3 is 0 Å². The first-order valence-electron chi connectivity index (χ1n) is 43.1. The van der Waals surface area contributed by atoms with E-state index < -0.39 is 0 Å². The SMILES string of the molecule is c1ccc(-c2ccc(-c3ccccc3N(c3ccc(-c4ccccc4-n4c5ccccc5c5ccccc54)cc3)c3cccc(-c4cccc5c4oc4cc(-c6ccc(-c7ccccc7)c(-c7ccc(N(c8ccc(-c9ccccc9-n9c%10ccccc%10c%10ccccc%109)cc8)c8cccc(-c9cccc%10c9oc9ccccc9%10)c8)cc7)c6)ccc45)c3)cc2)cc1. The molecule has 126 heavy (non-hydrogen) atoms. The minimum atomic E-state index is 0.816. The van der Waals surface area contributed by atoms with Crippen molar-refractivity contribution < 1.29 is 8.83 Å². The molecule has 0 N–H and O–H groups in total. The van der Waals surface area contributed by atoms with Crippen molar-refractivity contribution in [2.45, 2.75) is 0 Å². The van der Waals surface area contributed by atoms with Crippen LogP contribution < -0.4 is 9.80 Å².